The molecule has 0 unspecified atom stereocenters. The van der Waals surface area contributed by atoms with Gasteiger partial charge in [-0.25, -0.2) is 9.37 Å². The third-order valence-corrected chi connectivity index (χ3v) is 3.44. The lowest BCUT2D eigenvalue weighted by Crippen LogP contribution is -2.03. The van der Waals surface area contributed by atoms with Gasteiger partial charge < -0.3 is 10.5 Å². The lowest BCUT2D eigenvalue weighted by molar-refractivity contribution is 0.344. The highest BCUT2D eigenvalue weighted by atomic mass is 35.5. The Labute approximate surface area is 125 Å². The summed E-state index contributed by atoms with van der Waals surface area (Å²) in [6.07, 6.45) is 0. The van der Waals surface area contributed by atoms with E-state index in [1.165, 1.54) is 10.6 Å². The fraction of sp³-hybridized carbons (Fsp3) is 0.133. The van der Waals surface area contributed by atoms with E-state index in [-0.39, 0.29) is 16.7 Å². The Hall–Kier alpha value is -2.27. The Kier molecular flexibility index (Phi) is 3.43. The molecule has 1 heterocycles. The minimum absolute atomic E-state index is 0.0368. The Morgan fingerprint density at radius 3 is 2.81 bits per heavy atom. The number of fused-ring (bicyclic) bond motifs is 1. The van der Waals surface area contributed by atoms with Gasteiger partial charge in [-0.2, -0.15) is 0 Å². The molecule has 0 saturated heterocycles. The third kappa shape index (κ3) is 2.19. The van der Waals surface area contributed by atoms with Crippen molar-refractivity contribution in [2.75, 3.05) is 12.3 Å². The molecule has 0 saturated carbocycles. The van der Waals surface area contributed by atoms with Crippen molar-refractivity contribution >= 4 is 28.6 Å². The van der Waals surface area contributed by atoms with Crippen LogP contribution in [0.3, 0.4) is 0 Å². The zero-order chi connectivity index (χ0) is 15.0. The van der Waals surface area contributed by atoms with Crippen LogP contribution in [0.4, 0.5) is 10.3 Å². The molecular weight excluding hydrogens is 293 g/mol. The van der Waals surface area contributed by atoms with Crippen LogP contribution in [-0.4, -0.2) is 16.2 Å². The molecule has 6 heteroatoms. The van der Waals surface area contributed by atoms with Gasteiger partial charge in [0.25, 0.3) is 0 Å². The van der Waals surface area contributed by atoms with Crippen LogP contribution in [0.2, 0.25) is 5.02 Å². The predicted molar refractivity (Wildman–Crippen MR) is 81.6 cm³/mol. The van der Waals surface area contributed by atoms with Gasteiger partial charge in [-0.3, -0.25) is 4.57 Å². The summed E-state index contributed by atoms with van der Waals surface area (Å²) in [5.74, 6) is 0.258. The van der Waals surface area contributed by atoms with Crippen molar-refractivity contribution in [3.8, 4) is 11.4 Å². The normalized spacial score (nSPS) is 11.0. The molecule has 108 valence electrons. The van der Waals surface area contributed by atoms with Crippen LogP contribution in [0.5, 0.6) is 5.75 Å². The number of nitrogens with zero attached hydrogens (tertiary/aromatic N) is 2. The summed E-state index contributed by atoms with van der Waals surface area (Å²) in [5.41, 5.74) is 7.48. The fourth-order valence-corrected chi connectivity index (χ4v) is 2.45. The van der Waals surface area contributed by atoms with Gasteiger partial charge in [0.05, 0.1) is 22.8 Å². The average Bonchev–Trinajstić information content (AvgIpc) is 2.80. The molecule has 1 aromatic heterocycles. The van der Waals surface area contributed by atoms with Crippen molar-refractivity contribution in [2.45, 2.75) is 6.92 Å². The van der Waals surface area contributed by atoms with Crippen molar-refractivity contribution in [1.29, 1.82) is 0 Å². The molecule has 3 rings (SSSR count). The number of rotatable bonds is 3. The topological polar surface area (TPSA) is 53.1 Å². The van der Waals surface area contributed by atoms with Gasteiger partial charge in [-0.05, 0) is 31.2 Å². The van der Waals surface area contributed by atoms with E-state index >= 15 is 0 Å². The Bertz CT molecular complexity index is 816. The van der Waals surface area contributed by atoms with Crippen molar-refractivity contribution in [2.24, 2.45) is 0 Å². The first-order chi connectivity index (χ1) is 10.1. The number of para-hydroxylation sites is 1. The number of hydrogen-bond acceptors (Lipinski definition) is 3. The van der Waals surface area contributed by atoms with Gasteiger partial charge in [-0.15, -0.1) is 0 Å². The van der Waals surface area contributed by atoms with Crippen LogP contribution in [0.25, 0.3) is 16.7 Å². The van der Waals surface area contributed by atoms with E-state index in [1.54, 1.807) is 18.2 Å². The summed E-state index contributed by atoms with van der Waals surface area (Å²) >= 11 is 5.84. The number of nitrogen functional groups attached to an aromatic ring is 1. The first kappa shape index (κ1) is 13.7. The minimum atomic E-state index is -0.535. The van der Waals surface area contributed by atoms with E-state index in [0.717, 1.165) is 0 Å². The van der Waals surface area contributed by atoms with Gasteiger partial charge in [0.15, 0.2) is 5.82 Å². The van der Waals surface area contributed by atoms with Gasteiger partial charge >= 0.3 is 0 Å². The number of nitrogens with two attached hydrogens (primary N) is 1. The quantitative estimate of drug-likeness (QED) is 0.801. The number of hydrogen-bond donors (Lipinski definition) is 1. The maximum absolute atomic E-state index is 14.3. The zero-order valence-corrected chi connectivity index (χ0v) is 12.1. The van der Waals surface area contributed by atoms with Crippen molar-refractivity contribution in [3.05, 3.63) is 47.2 Å². The molecule has 0 bridgehead atoms. The Morgan fingerprint density at radius 1 is 1.29 bits per heavy atom. The number of aromatic nitrogens is 2. The Balaban J connectivity index is 2.31. The maximum atomic E-state index is 14.3. The molecule has 3 aromatic rings. The summed E-state index contributed by atoms with van der Waals surface area (Å²) in [4.78, 5) is 4.28. The minimum Gasteiger partial charge on any atom is -0.492 e. The highest BCUT2D eigenvalue weighted by Crippen LogP contribution is 2.31. The van der Waals surface area contributed by atoms with Crippen molar-refractivity contribution < 1.29 is 9.13 Å². The molecule has 0 atom stereocenters. The summed E-state index contributed by atoms with van der Waals surface area (Å²) in [6.45, 7) is 2.40. The molecule has 2 aromatic carbocycles. The largest absolute Gasteiger partial charge is 0.492 e. The highest BCUT2D eigenvalue weighted by Gasteiger charge is 2.17. The van der Waals surface area contributed by atoms with Crippen LogP contribution in [0, 0.1) is 5.82 Å². The van der Waals surface area contributed by atoms with Crippen molar-refractivity contribution in [1.82, 2.24) is 9.55 Å². The Morgan fingerprint density at radius 2 is 2.05 bits per heavy atom. The first-order valence-corrected chi connectivity index (χ1v) is 6.85. The van der Waals surface area contributed by atoms with Gasteiger partial charge in [0, 0.05) is 0 Å². The summed E-state index contributed by atoms with van der Waals surface area (Å²) < 4.78 is 21.3. The van der Waals surface area contributed by atoms with E-state index in [9.17, 15) is 4.39 Å². The van der Waals surface area contributed by atoms with E-state index in [4.69, 9.17) is 22.1 Å². The van der Waals surface area contributed by atoms with Gasteiger partial charge in [0.1, 0.15) is 11.3 Å². The van der Waals surface area contributed by atoms with E-state index in [2.05, 4.69) is 4.98 Å². The second-order valence-electron chi connectivity index (χ2n) is 4.44. The summed E-state index contributed by atoms with van der Waals surface area (Å²) in [6, 6.07) is 10.2. The number of benzene rings is 2. The maximum Gasteiger partial charge on any atom is 0.206 e. The third-order valence-electron chi connectivity index (χ3n) is 3.15. The number of ether oxygens (including phenoxy) is 1. The number of halogens is 2. The van der Waals surface area contributed by atoms with E-state index < -0.39 is 5.82 Å². The SMILES string of the molecule is CCOc1cccc2c1nc(N)n2-c1cccc(Cl)c1F. The smallest absolute Gasteiger partial charge is 0.206 e. The predicted octanol–water partition coefficient (Wildman–Crippen LogP) is 3.80. The molecular formula is C15H13ClFN3O. The standard InChI is InChI=1S/C15H13ClFN3O/c1-2-21-12-8-4-7-11-14(12)19-15(18)20(11)10-6-3-5-9(16)13(10)17/h3-8H,2H2,1H3,(H2,18,19). The lowest BCUT2D eigenvalue weighted by atomic mass is 10.2. The molecule has 0 fully saturated rings. The van der Waals surface area contributed by atoms with Gasteiger partial charge in [-0.1, -0.05) is 23.7 Å². The molecule has 4 nitrogen and oxygen atoms in total. The highest BCUT2D eigenvalue weighted by molar-refractivity contribution is 6.30. The molecule has 21 heavy (non-hydrogen) atoms. The second kappa shape index (κ2) is 5.26. The molecule has 0 radical (unpaired) electrons. The van der Waals surface area contributed by atoms with Crippen LogP contribution in [0.1, 0.15) is 6.92 Å². The second-order valence-corrected chi connectivity index (χ2v) is 4.84. The van der Waals surface area contributed by atoms with Crippen molar-refractivity contribution in [3.63, 3.8) is 0 Å². The first-order valence-electron chi connectivity index (χ1n) is 6.47. The molecule has 0 spiro atoms. The fourth-order valence-electron chi connectivity index (χ4n) is 2.28. The number of anilines is 1. The van der Waals surface area contributed by atoms with Crippen LogP contribution >= 0.6 is 11.6 Å². The summed E-state index contributed by atoms with van der Waals surface area (Å²) in [7, 11) is 0. The zero-order valence-electron chi connectivity index (χ0n) is 11.3. The van der Waals surface area contributed by atoms with Crippen LogP contribution in [0.15, 0.2) is 36.4 Å². The molecule has 0 aliphatic rings. The van der Waals surface area contributed by atoms with Gasteiger partial charge in [0.2, 0.25) is 5.95 Å². The number of imidazole rings is 1. The molecule has 2 N–H and O–H groups in total. The molecule has 0 aliphatic heterocycles. The van der Waals surface area contributed by atoms with E-state index in [0.29, 0.717) is 23.4 Å². The summed E-state index contributed by atoms with van der Waals surface area (Å²) in [5, 5.41) is 0.0368. The molecule has 0 amide bonds. The average molecular weight is 306 g/mol. The van der Waals surface area contributed by atoms with Crippen LogP contribution in [-0.2, 0) is 0 Å². The lowest BCUT2D eigenvalue weighted by Gasteiger charge is -2.09. The monoisotopic (exact) mass is 305 g/mol. The van der Waals surface area contributed by atoms with Crippen LogP contribution < -0.4 is 10.5 Å². The van der Waals surface area contributed by atoms with E-state index in [1.807, 2.05) is 19.1 Å². The molecule has 0 aliphatic carbocycles.